The standard InChI is InChI=1S/C17H27NO.C4H11NO.C2H6/c1-6-14-9-15(13(4)5)11-16(10-14)17(19)18-8-7-12(2)3;1-4(2,5)3-6;1-2/h9-13H,6-8H2,1-5H3,(H,18,19);6H,3,5H2,1-2H3;1-2H3. The summed E-state index contributed by atoms with van der Waals surface area (Å²) < 4.78 is 0. The third kappa shape index (κ3) is 14.3. The van der Waals surface area contributed by atoms with Gasteiger partial charge in [0.2, 0.25) is 0 Å². The van der Waals surface area contributed by atoms with E-state index in [2.05, 4.69) is 46.0 Å². The molecule has 27 heavy (non-hydrogen) atoms. The highest BCUT2D eigenvalue weighted by molar-refractivity contribution is 5.94. The molecule has 0 bridgehead atoms. The number of benzene rings is 1. The van der Waals surface area contributed by atoms with Crippen LogP contribution in [0.25, 0.3) is 0 Å². The molecule has 0 saturated carbocycles. The van der Waals surface area contributed by atoms with E-state index in [0.29, 0.717) is 11.8 Å². The zero-order valence-corrected chi connectivity index (χ0v) is 19.1. The number of amides is 1. The monoisotopic (exact) mass is 380 g/mol. The van der Waals surface area contributed by atoms with Crippen LogP contribution in [0.2, 0.25) is 0 Å². The van der Waals surface area contributed by atoms with Gasteiger partial charge in [0.1, 0.15) is 0 Å². The van der Waals surface area contributed by atoms with Gasteiger partial charge in [0.05, 0.1) is 6.61 Å². The number of carbonyl (C=O) groups is 1. The summed E-state index contributed by atoms with van der Waals surface area (Å²) in [6, 6.07) is 6.24. The van der Waals surface area contributed by atoms with Crippen molar-refractivity contribution in [3.63, 3.8) is 0 Å². The average molecular weight is 381 g/mol. The van der Waals surface area contributed by atoms with E-state index in [0.717, 1.165) is 24.9 Å². The van der Waals surface area contributed by atoms with E-state index in [-0.39, 0.29) is 12.5 Å². The molecule has 0 aliphatic rings. The lowest BCUT2D eigenvalue weighted by Gasteiger charge is -2.12. The SMILES string of the molecule is CC.CC(C)(N)CO.CCc1cc(C(=O)NCCC(C)C)cc(C(C)C)c1. The summed E-state index contributed by atoms with van der Waals surface area (Å²) in [5.74, 6) is 1.13. The third-order valence-electron chi connectivity index (χ3n) is 3.77. The summed E-state index contributed by atoms with van der Waals surface area (Å²) in [7, 11) is 0. The van der Waals surface area contributed by atoms with E-state index in [1.807, 2.05) is 26.0 Å². The Morgan fingerprint density at radius 3 is 2.04 bits per heavy atom. The Morgan fingerprint density at radius 1 is 1.15 bits per heavy atom. The van der Waals surface area contributed by atoms with Gasteiger partial charge < -0.3 is 16.2 Å². The van der Waals surface area contributed by atoms with Crippen molar-refractivity contribution in [3.05, 3.63) is 34.9 Å². The molecule has 158 valence electrons. The molecule has 1 rings (SSSR count). The molecule has 0 spiro atoms. The smallest absolute Gasteiger partial charge is 0.251 e. The van der Waals surface area contributed by atoms with Crippen LogP contribution in [-0.4, -0.2) is 29.7 Å². The maximum absolute atomic E-state index is 12.2. The van der Waals surface area contributed by atoms with Crippen molar-refractivity contribution < 1.29 is 9.90 Å². The van der Waals surface area contributed by atoms with Gasteiger partial charge >= 0.3 is 0 Å². The minimum absolute atomic E-state index is 0.0486. The van der Waals surface area contributed by atoms with Crippen LogP contribution >= 0.6 is 0 Å². The molecule has 1 amide bonds. The Bertz CT molecular complexity index is 518. The molecule has 0 atom stereocenters. The quantitative estimate of drug-likeness (QED) is 0.630. The lowest BCUT2D eigenvalue weighted by Crippen LogP contribution is -2.35. The molecule has 0 aliphatic carbocycles. The summed E-state index contributed by atoms with van der Waals surface area (Å²) in [6.07, 6.45) is 1.99. The first-order chi connectivity index (χ1) is 12.5. The lowest BCUT2D eigenvalue weighted by molar-refractivity contribution is 0.0952. The Hall–Kier alpha value is -1.39. The fraction of sp³-hybridized carbons (Fsp3) is 0.696. The van der Waals surface area contributed by atoms with Gasteiger partial charge in [-0.3, -0.25) is 4.79 Å². The first kappa shape index (κ1) is 27.8. The fourth-order valence-electron chi connectivity index (χ4n) is 1.96. The summed E-state index contributed by atoms with van der Waals surface area (Å²) in [4.78, 5) is 12.2. The first-order valence-electron chi connectivity index (χ1n) is 10.3. The molecule has 4 nitrogen and oxygen atoms in total. The number of aryl methyl sites for hydroxylation is 1. The predicted molar refractivity (Wildman–Crippen MR) is 118 cm³/mol. The summed E-state index contributed by atoms with van der Waals surface area (Å²) in [5, 5.41) is 11.3. The van der Waals surface area contributed by atoms with Crippen LogP contribution in [0.4, 0.5) is 0 Å². The van der Waals surface area contributed by atoms with Crippen molar-refractivity contribution in [2.45, 2.75) is 86.6 Å². The van der Waals surface area contributed by atoms with Gasteiger partial charge in [0.25, 0.3) is 5.91 Å². The molecule has 1 aromatic carbocycles. The lowest BCUT2D eigenvalue weighted by atomic mass is 9.96. The molecule has 0 aliphatic heterocycles. The topological polar surface area (TPSA) is 75.3 Å². The molecule has 4 N–H and O–H groups in total. The van der Waals surface area contributed by atoms with E-state index in [1.165, 1.54) is 11.1 Å². The second-order valence-electron chi connectivity index (χ2n) is 8.06. The van der Waals surface area contributed by atoms with Crippen LogP contribution in [-0.2, 0) is 6.42 Å². The van der Waals surface area contributed by atoms with Crippen LogP contribution in [0.5, 0.6) is 0 Å². The Balaban J connectivity index is 0. The Labute approximate surface area is 167 Å². The molecular weight excluding hydrogens is 336 g/mol. The molecule has 0 heterocycles. The molecule has 0 fully saturated rings. The van der Waals surface area contributed by atoms with Gasteiger partial charge in [-0.05, 0) is 61.8 Å². The zero-order valence-electron chi connectivity index (χ0n) is 19.1. The number of nitrogens with two attached hydrogens (primary N) is 1. The zero-order chi connectivity index (χ0) is 21.6. The fourth-order valence-corrected chi connectivity index (χ4v) is 1.96. The maximum atomic E-state index is 12.2. The molecule has 1 aromatic rings. The van der Waals surface area contributed by atoms with Gasteiger partial charge in [-0.25, -0.2) is 0 Å². The number of hydrogen-bond acceptors (Lipinski definition) is 3. The van der Waals surface area contributed by atoms with Crippen molar-refractivity contribution in [2.24, 2.45) is 11.7 Å². The van der Waals surface area contributed by atoms with E-state index in [9.17, 15) is 4.79 Å². The highest BCUT2D eigenvalue weighted by Crippen LogP contribution is 2.19. The molecular formula is C23H44N2O2. The summed E-state index contributed by atoms with van der Waals surface area (Å²) >= 11 is 0. The number of rotatable bonds is 7. The minimum Gasteiger partial charge on any atom is -0.394 e. The van der Waals surface area contributed by atoms with E-state index < -0.39 is 5.54 Å². The normalized spacial score (nSPS) is 10.7. The van der Waals surface area contributed by atoms with Crippen LogP contribution in [0, 0.1) is 5.92 Å². The van der Waals surface area contributed by atoms with E-state index in [1.54, 1.807) is 13.8 Å². The van der Waals surface area contributed by atoms with Crippen molar-refractivity contribution in [1.82, 2.24) is 5.32 Å². The number of hydrogen-bond donors (Lipinski definition) is 3. The predicted octanol–water partition coefficient (Wildman–Crippen LogP) is 4.89. The van der Waals surface area contributed by atoms with Crippen molar-refractivity contribution >= 4 is 5.91 Å². The highest BCUT2D eigenvalue weighted by atomic mass is 16.3. The van der Waals surface area contributed by atoms with Crippen LogP contribution in [0.15, 0.2) is 18.2 Å². The van der Waals surface area contributed by atoms with E-state index in [4.69, 9.17) is 10.8 Å². The second-order valence-corrected chi connectivity index (χ2v) is 8.06. The minimum atomic E-state index is -0.403. The molecule has 0 radical (unpaired) electrons. The largest absolute Gasteiger partial charge is 0.394 e. The van der Waals surface area contributed by atoms with E-state index >= 15 is 0 Å². The third-order valence-corrected chi connectivity index (χ3v) is 3.77. The summed E-state index contributed by atoms with van der Waals surface area (Å²) in [6.45, 7) is 19.1. The Kier molecular flexibility index (Phi) is 15.1. The van der Waals surface area contributed by atoms with Gasteiger partial charge in [-0.2, -0.15) is 0 Å². The number of aliphatic hydroxyl groups is 1. The van der Waals surface area contributed by atoms with Gasteiger partial charge in [0.15, 0.2) is 0 Å². The molecule has 0 saturated heterocycles. The van der Waals surface area contributed by atoms with Crippen LogP contribution in [0.1, 0.15) is 96.1 Å². The number of carbonyl (C=O) groups excluding carboxylic acids is 1. The van der Waals surface area contributed by atoms with Crippen LogP contribution < -0.4 is 11.1 Å². The second kappa shape index (κ2) is 14.6. The van der Waals surface area contributed by atoms with Crippen molar-refractivity contribution in [2.75, 3.05) is 13.2 Å². The van der Waals surface area contributed by atoms with Gasteiger partial charge in [0, 0.05) is 17.6 Å². The van der Waals surface area contributed by atoms with Crippen molar-refractivity contribution in [3.8, 4) is 0 Å². The molecule has 0 unspecified atom stereocenters. The molecule has 0 aromatic heterocycles. The Morgan fingerprint density at radius 2 is 1.67 bits per heavy atom. The average Bonchev–Trinajstić information content (AvgIpc) is 2.62. The van der Waals surface area contributed by atoms with Crippen LogP contribution in [0.3, 0.4) is 0 Å². The molecule has 4 heteroatoms. The van der Waals surface area contributed by atoms with Crippen molar-refractivity contribution in [1.29, 1.82) is 0 Å². The number of nitrogens with one attached hydrogen (secondary N) is 1. The number of aliphatic hydroxyl groups excluding tert-OH is 1. The maximum Gasteiger partial charge on any atom is 0.251 e. The van der Waals surface area contributed by atoms with Gasteiger partial charge in [-0.1, -0.05) is 54.5 Å². The summed E-state index contributed by atoms with van der Waals surface area (Å²) in [5.41, 5.74) is 8.16. The first-order valence-corrected chi connectivity index (χ1v) is 10.3. The highest BCUT2D eigenvalue weighted by Gasteiger charge is 2.10. The van der Waals surface area contributed by atoms with Gasteiger partial charge in [-0.15, -0.1) is 0 Å².